The van der Waals surface area contributed by atoms with E-state index in [-0.39, 0.29) is 5.97 Å². The molecule has 2 rings (SSSR count). The van der Waals surface area contributed by atoms with Crippen LogP contribution in [0.1, 0.15) is 31.4 Å². The summed E-state index contributed by atoms with van der Waals surface area (Å²) >= 11 is 1.80. The molecule has 2 aromatic heterocycles. The summed E-state index contributed by atoms with van der Waals surface area (Å²) in [5.41, 5.74) is 1.77. The SMILES string of the molecule is COC(=O)c1coc(CNCc2cc(C)c(C)s2)c1. The largest absolute Gasteiger partial charge is 0.467 e. The van der Waals surface area contributed by atoms with Crippen LogP contribution in [0.3, 0.4) is 0 Å². The molecule has 0 amide bonds. The van der Waals surface area contributed by atoms with Crippen molar-refractivity contribution in [2.45, 2.75) is 26.9 Å². The van der Waals surface area contributed by atoms with E-state index in [9.17, 15) is 4.79 Å². The number of rotatable bonds is 5. The average Bonchev–Trinajstić information content (AvgIpc) is 2.97. The molecule has 4 nitrogen and oxygen atoms in total. The fourth-order valence-corrected chi connectivity index (χ4v) is 2.77. The van der Waals surface area contributed by atoms with Crippen molar-refractivity contribution in [3.8, 4) is 0 Å². The number of hydrogen-bond acceptors (Lipinski definition) is 5. The molecule has 1 N–H and O–H groups in total. The molecule has 0 fully saturated rings. The van der Waals surface area contributed by atoms with Crippen LogP contribution in [0.5, 0.6) is 0 Å². The van der Waals surface area contributed by atoms with Crippen molar-refractivity contribution in [3.63, 3.8) is 0 Å². The molecule has 19 heavy (non-hydrogen) atoms. The van der Waals surface area contributed by atoms with Gasteiger partial charge >= 0.3 is 5.97 Å². The van der Waals surface area contributed by atoms with Gasteiger partial charge in [-0.25, -0.2) is 4.79 Å². The first-order valence-electron chi connectivity index (χ1n) is 6.02. The smallest absolute Gasteiger partial charge is 0.341 e. The van der Waals surface area contributed by atoms with Crippen LogP contribution >= 0.6 is 11.3 Å². The number of hydrogen-bond donors (Lipinski definition) is 1. The Hall–Kier alpha value is -1.59. The maximum atomic E-state index is 11.3. The van der Waals surface area contributed by atoms with Crippen LogP contribution < -0.4 is 5.32 Å². The summed E-state index contributed by atoms with van der Waals surface area (Å²) in [4.78, 5) is 13.9. The van der Waals surface area contributed by atoms with Crippen molar-refractivity contribution in [2.75, 3.05) is 7.11 Å². The molecule has 0 aromatic carbocycles. The molecule has 0 aliphatic heterocycles. The van der Waals surface area contributed by atoms with Crippen LogP contribution in [0.2, 0.25) is 0 Å². The number of esters is 1. The summed E-state index contributed by atoms with van der Waals surface area (Å²) in [5, 5.41) is 3.29. The second-order valence-electron chi connectivity index (χ2n) is 4.35. The predicted molar refractivity (Wildman–Crippen MR) is 74.4 cm³/mol. The molecule has 0 saturated heterocycles. The van der Waals surface area contributed by atoms with E-state index in [2.05, 4.69) is 30.0 Å². The van der Waals surface area contributed by atoms with Gasteiger partial charge in [-0.2, -0.15) is 0 Å². The molecular weight excluding hydrogens is 262 g/mol. The molecule has 5 heteroatoms. The van der Waals surface area contributed by atoms with Crippen molar-refractivity contribution in [1.29, 1.82) is 0 Å². The average molecular weight is 279 g/mol. The second kappa shape index (κ2) is 6.04. The highest BCUT2D eigenvalue weighted by atomic mass is 32.1. The third-order valence-electron chi connectivity index (χ3n) is 2.89. The Morgan fingerprint density at radius 1 is 1.37 bits per heavy atom. The van der Waals surface area contributed by atoms with E-state index >= 15 is 0 Å². The summed E-state index contributed by atoms with van der Waals surface area (Å²) < 4.78 is 9.92. The number of aryl methyl sites for hydroxylation is 2. The number of carbonyl (C=O) groups is 1. The number of ether oxygens (including phenoxy) is 1. The number of carbonyl (C=O) groups excluding carboxylic acids is 1. The summed E-state index contributed by atoms with van der Waals surface area (Å²) in [6.07, 6.45) is 1.42. The summed E-state index contributed by atoms with van der Waals surface area (Å²) in [5.74, 6) is 0.352. The van der Waals surface area contributed by atoms with Gasteiger partial charge in [-0.1, -0.05) is 0 Å². The van der Waals surface area contributed by atoms with E-state index in [4.69, 9.17) is 4.42 Å². The minimum absolute atomic E-state index is 0.375. The highest BCUT2D eigenvalue weighted by Crippen LogP contribution is 2.20. The lowest BCUT2D eigenvalue weighted by molar-refractivity contribution is 0.0600. The molecule has 2 heterocycles. The van der Waals surface area contributed by atoms with Crippen molar-refractivity contribution in [2.24, 2.45) is 0 Å². The molecule has 0 bridgehead atoms. The van der Waals surface area contributed by atoms with Gasteiger partial charge in [0.15, 0.2) is 0 Å². The van der Waals surface area contributed by atoms with Gasteiger partial charge in [0.05, 0.1) is 19.2 Å². The molecule has 0 spiro atoms. The molecule has 0 atom stereocenters. The van der Waals surface area contributed by atoms with Gasteiger partial charge in [0, 0.05) is 16.3 Å². The third-order valence-corrected chi connectivity index (χ3v) is 4.04. The van der Waals surface area contributed by atoms with Crippen LogP contribution in [0.25, 0.3) is 0 Å². The lowest BCUT2D eigenvalue weighted by Crippen LogP contribution is -2.11. The number of thiophene rings is 1. The quantitative estimate of drug-likeness (QED) is 0.855. The summed E-state index contributed by atoms with van der Waals surface area (Å²) in [7, 11) is 1.36. The molecule has 0 aliphatic carbocycles. The van der Waals surface area contributed by atoms with Crippen molar-refractivity contribution >= 4 is 17.3 Å². The first-order chi connectivity index (χ1) is 9.10. The van der Waals surface area contributed by atoms with Crippen LogP contribution in [0.4, 0.5) is 0 Å². The summed E-state index contributed by atoms with van der Waals surface area (Å²) in [6, 6.07) is 3.89. The van der Waals surface area contributed by atoms with E-state index < -0.39 is 0 Å². The molecule has 102 valence electrons. The first-order valence-corrected chi connectivity index (χ1v) is 6.84. The molecule has 0 saturated carbocycles. The standard InChI is InChI=1S/C14H17NO3S/c1-9-4-13(19-10(9)2)7-15-6-12-5-11(8-18-12)14(16)17-3/h4-5,8,15H,6-7H2,1-3H3. The number of nitrogens with one attached hydrogen (secondary N) is 1. The van der Waals surface area contributed by atoms with E-state index in [1.54, 1.807) is 17.4 Å². The normalized spacial score (nSPS) is 10.7. The Kier molecular flexibility index (Phi) is 4.39. The van der Waals surface area contributed by atoms with Crippen LogP contribution in [0.15, 0.2) is 22.8 Å². The zero-order valence-electron chi connectivity index (χ0n) is 11.3. The van der Waals surface area contributed by atoms with E-state index in [0.717, 1.165) is 12.3 Å². The van der Waals surface area contributed by atoms with Crippen molar-refractivity contribution < 1.29 is 13.9 Å². The zero-order valence-corrected chi connectivity index (χ0v) is 12.1. The van der Waals surface area contributed by atoms with E-state index in [1.165, 1.54) is 28.7 Å². The van der Waals surface area contributed by atoms with Crippen molar-refractivity contribution in [3.05, 3.63) is 45.0 Å². The van der Waals surface area contributed by atoms with Gasteiger partial charge < -0.3 is 14.5 Å². The van der Waals surface area contributed by atoms with Crippen LogP contribution in [-0.2, 0) is 17.8 Å². The Balaban J connectivity index is 1.85. The topological polar surface area (TPSA) is 51.5 Å². The Morgan fingerprint density at radius 2 is 2.16 bits per heavy atom. The third kappa shape index (κ3) is 3.45. The van der Waals surface area contributed by atoms with Gasteiger partial charge in [0.2, 0.25) is 0 Å². The van der Waals surface area contributed by atoms with Crippen LogP contribution in [0, 0.1) is 13.8 Å². The van der Waals surface area contributed by atoms with Crippen molar-refractivity contribution in [1.82, 2.24) is 5.32 Å². The maximum absolute atomic E-state index is 11.3. The van der Waals surface area contributed by atoms with E-state index in [1.807, 2.05) is 0 Å². The van der Waals surface area contributed by atoms with Gasteiger partial charge in [0.1, 0.15) is 12.0 Å². The van der Waals surface area contributed by atoms with Crippen LogP contribution in [-0.4, -0.2) is 13.1 Å². The zero-order chi connectivity index (χ0) is 13.8. The lowest BCUT2D eigenvalue weighted by Gasteiger charge is -1.99. The number of methoxy groups -OCH3 is 1. The monoisotopic (exact) mass is 279 g/mol. The van der Waals surface area contributed by atoms with Gasteiger partial charge in [0.25, 0.3) is 0 Å². The highest BCUT2D eigenvalue weighted by molar-refractivity contribution is 7.12. The van der Waals surface area contributed by atoms with E-state index in [0.29, 0.717) is 12.1 Å². The minimum atomic E-state index is -0.375. The summed E-state index contributed by atoms with van der Waals surface area (Å²) in [6.45, 7) is 5.63. The minimum Gasteiger partial charge on any atom is -0.467 e. The Labute approximate surface area is 116 Å². The Morgan fingerprint density at radius 3 is 2.79 bits per heavy atom. The molecular formula is C14H17NO3S. The Bertz CT molecular complexity index is 552. The second-order valence-corrected chi connectivity index (χ2v) is 5.69. The molecule has 0 radical (unpaired) electrons. The molecule has 0 unspecified atom stereocenters. The number of furan rings is 1. The highest BCUT2D eigenvalue weighted by Gasteiger charge is 2.09. The fourth-order valence-electron chi connectivity index (χ4n) is 1.74. The molecule has 2 aromatic rings. The molecule has 0 aliphatic rings. The van der Waals surface area contributed by atoms with Gasteiger partial charge in [-0.05, 0) is 31.5 Å². The van der Waals surface area contributed by atoms with Gasteiger partial charge in [-0.3, -0.25) is 0 Å². The van der Waals surface area contributed by atoms with Gasteiger partial charge in [-0.15, -0.1) is 11.3 Å². The lowest BCUT2D eigenvalue weighted by atomic mass is 10.3. The first kappa shape index (κ1) is 13.8. The predicted octanol–water partition coefficient (Wildman–Crippen LogP) is 3.03. The fraction of sp³-hybridized carbons (Fsp3) is 0.357. The maximum Gasteiger partial charge on any atom is 0.341 e.